The van der Waals surface area contributed by atoms with Gasteiger partial charge in [-0.3, -0.25) is 5.41 Å². The quantitative estimate of drug-likeness (QED) is 0.574. The molecular weight excluding hydrogens is 200 g/mol. The molecule has 1 saturated heterocycles. The second-order valence-corrected chi connectivity index (χ2v) is 4.29. The van der Waals surface area contributed by atoms with Gasteiger partial charge in [0.15, 0.2) is 0 Å². The molecule has 3 nitrogen and oxygen atoms in total. The van der Waals surface area contributed by atoms with E-state index in [1.165, 1.54) is 19.3 Å². The van der Waals surface area contributed by atoms with Gasteiger partial charge < -0.3 is 4.90 Å². The molecule has 0 bridgehead atoms. The number of nitrogens with one attached hydrogen (secondary N) is 1. The molecule has 1 fully saturated rings. The van der Waals surface area contributed by atoms with Gasteiger partial charge in [-0.25, -0.2) is 4.79 Å². The van der Waals surface area contributed by atoms with Gasteiger partial charge in [-0.05, 0) is 19.8 Å². The Morgan fingerprint density at radius 2 is 1.94 bits per heavy atom. The lowest BCUT2D eigenvalue weighted by atomic mass is 10.1. The number of amidine groups is 1. The van der Waals surface area contributed by atoms with Crippen molar-refractivity contribution < 1.29 is 4.79 Å². The highest BCUT2D eigenvalue weighted by Gasteiger charge is 2.15. The van der Waals surface area contributed by atoms with Crippen LogP contribution in [0.5, 0.6) is 0 Å². The van der Waals surface area contributed by atoms with Crippen molar-refractivity contribution >= 4 is 11.8 Å². The standard InChI is InChI=1S/C13H20N2O/c1-11(10-16)12(2)15-9-7-5-3-4-6-8-13(15)14/h14H,2-9H2,1H3. The summed E-state index contributed by atoms with van der Waals surface area (Å²) in [5.74, 6) is 2.45. The predicted octanol–water partition coefficient (Wildman–Crippen LogP) is 2.91. The minimum Gasteiger partial charge on any atom is -0.330 e. The van der Waals surface area contributed by atoms with Crippen molar-refractivity contribution in [3.63, 3.8) is 0 Å². The zero-order valence-electron chi connectivity index (χ0n) is 10.0. The summed E-state index contributed by atoms with van der Waals surface area (Å²) in [6, 6.07) is 0. The van der Waals surface area contributed by atoms with Crippen LogP contribution in [0.1, 0.15) is 45.4 Å². The van der Waals surface area contributed by atoms with E-state index in [4.69, 9.17) is 5.41 Å². The lowest BCUT2D eigenvalue weighted by Crippen LogP contribution is -2.30. The highest BCUT2D eigenvalue weighted by atomic mass is 16.1. The minimum absolute atomic E-state index is 0.504. The van der Waals surface area contributed by atoms with Crippen LogP contribution in [0.15, 0.2) is 17.8 Å². The van der Waals surface area contributed by atoms with Crippen molar-refractivity contribution in [3.05, 3.63) is 17.8 Å². The average molecular weight is 220 g/mol. The van der Waals surface area contributed by atoms with Crippen molar-refractivity contribution in [2.75, 3.05) is 6.54 Å². The van der Waals surface area contributed by atoms with E-state index < -0.39 is 0 Å². The van der Waals surface area contributed by atoms with Crippen molar-refractivity contribution in [1.82, 2.24) is 4.90 Å². The van der Waals surface area contributed by atoms with E-state index in [-0.39, 0.29) is 0 Å². The average Bonchev–Trinajstić information content (AvgIpc) is 2.39. The summed E-state index contributed by atoms with van der Waals surface area (Å²) >= 11 is 0. The first kappa shape index (κ1) is 12.7. The van der Waals surface area contributed by atoms with Crippen molar-refractivity contribution in [3.8, 4) is 0 Å². The highest BCUT2D eigenvalue weighted by Crippen LogP contribution is 2.18. The van der Waals surface area contributed by atoms with Gasteiger partial charge in [-0.2, -0.15) is 0 Å². The van der Waals surface area contributed by atoms with E-state index in [2.05, 4.69) is 6.58 Å². The SMILES string of the molecule is C=C(C(C)=C=O)N1CCCCCCCC1=N. The lowest BCUT2D eigenvalue weighted by molar-refractivity contribution is 0.484. The molecule has 1 aliphatic heterocycles. The molecule has 1 N–H and O–H groups in total. The molecule has 0 aromatic heterocycles. The van der Waals surface area contributed by atoms with E-state index in [1.807, 2.05) is 10.8 Å². The fraction of sp³-hybridized carbons (Fsp3) is 0.615. The second kappa shape index (κ2) is 6.29. The molecule has 0 aromatic carbocycles. The molecule has 0 atom stereocenters. The molecule has 0 radical (unpaired) electrons. The Labute approximate surface area is 97.3 Å². The van der Waals surface area contributed by atoms with Crippen LogP contribution in [0.4, 0.5) is 0 Å². The number of allylic oxidation sites excluding steroid dienone is 1. The summed E-state index contributed by atoms with van der Waals surface area (Å²) in [5, 5.41) is 8.00. The van der Waals surface area contributed by atoms with E-state index in [0.717, 1.165) is 25.8 Å². The topological polar surface area (TPSA) is 44.2 Å². The van der Waals surface area contributed by atoms with Crippen LogP contribution in [-0.4, -0.2) is 23.2 Å². The molecule has 0 aromatic rings. The first-order valence-electron chi connectivity index (χ1n) is 5.92. The lowest BCUT2D eigenvalue weighted by Gasteiger charge is -2.26. The van der Waals surface area contributed by atoms with Crippen molar-refractivity contribution in [2.24, 2.45) is 0 Å². The number of hydrogen-bond acceptors (Lipinski definition) is 2. The molecule has 3 heteroatoms. The first-order chi connectivity index (χ1) is 7.66. The van der Waals surface area contributed by atoms with Gasteiger partial charge in [0.2, 0.25) is 0 Å². The summed E-state index contributed by atoms with van der Waals surface area (Å²) in [4.78, 5) is 12.5. The Kier molecular flexibility index (Phi) is 5.00. The Morgan fingerprint density at radius 1 is 1.31 bits per heavy atom. The zero-order chi connectivity index (χ0) is 12.0. The van der Waals surface area contributed by atoms with Gasteiger partial charge in [0.25, 0.3) is 0 Å². The molecule has 0 unspecified atom stereocenters. The van der Waals surface area contributed by atoms with Crippen LogP contribution in [0.3, 0.4) is 0 Å². The maximum Gasteiger partial charge on any atom is 0.129 e. The Morgan fingerprint density at radius 3 is 2.62 bits per heavy atom. The van der Waals surface area contributed by atoms with E-state index >= 15 is 0 Å². The van der Waals surface area contributed by atoms with E-state index in [0.29, 0.717) is 17.1 Å². The monoisotopic (exact) mass is 220 g/mol. The number of hydrogen-bond donors (Lipinski definition) is 1. The van der Waals surface area contributed by atoms with Crippen molar-refractivity contribution in [1.29, 1.82) is 5.41 Å². The molecule has 0 amide bonds. The van der Waals surface area contributed by atoms with Crippen LogP contribution in [-0.2, 0) is 4.79 Å². The van der Waals surface area contributed by atoms with Gasteiger partial charge in [0.05, 0.1) is 5.57 Å². The second-order valence-electron chi connectivity index (χ2n) is 4.29. The normalized spacial score (nSPS) is 18.1. The minimum atomic E-state index is 0.504. The molecule has 0 aliphatic carbocycles. The molecule has 1 heterocycles. The van der Waals surface area contributed by atoms with Gasteiger partial charge in [-0.1, -0.05) is 25.8 Å². The number of nitrogens with zero attached hydrogens (tertiary/aromatic N) is 1. The van der Waals surface area contributed by atoms with Gasteiger partial charge >= 0.3 is 0 Å². The molecular formula is C13H20N2O. The zero-order valence-corrected chi connectivity index (χ0v) is 10.0. The molecule has 0 spiro atoms. The van der Waals surface area contributed by atoms with Gasteiger partial charge in [-0.15, -0.1) is 0 Å². The fourth-order valence-electron chi connectivity index (χ4n) is 1.92. The van der Waals surface area contributed by atoms with Gasteiger partial charge in [0, 0.05) is 18.7 Å². The summed E-state index contributed by atoms with van der Waals surface area (Å²) in [5.41, 5.74) is 1.14. The molecule has 16 heavy (non-hydrogen) atoms. The smallest absolute Gasteiger partial charge is 0.129 e. The third-order valence-corrected chi connectivity index (χ3v) is 3.03. The van der Waals surface area contributed by atoms with Gasteiger partial charge in [0.1, 0.15) is 11.8 Å². The predicted molar refractivity (Wildman–Crippen MR) is 66.2 cm³/mol. The third-order valence-electron chi connectivity index (χ3n) is 3.03. The third kappa shape index (κ3) is 3.35. The molecule has 1 aliphatic rings. The molecule has 1 rings (SSSR count). The van der Waals surface area contributed by atoms with E-state index in [9.17, 15) is 4.79 Å². The fourth-order valence-corrected chi connectivity index (χ4v) is 1.92. The summed E-state index contributed by atoms with van der Waals surface area (Å²) in [6.45, 7) is 6.39. The van der Waals surface area contributed by atoms with Crippen LogP contribution >= 0.6 is 0 Å². The molecule has 0 saturated carbocycles. The summed E-state index contributed by atoms with van der Waals surface area (Å²) in [7, 11) is 0. The Balaban J connectivity index is 2.76. The largest absolute Gasteiger partial charge is 0.330 e. The van der Waals surface area contributed by atoms with Crippen LogP contribution in [0.25, 0.3) is 0 Å². The number of rotatable bonds is 2. The Bertz CT molecular complexity index is 327. The molecule has 88 valence electrons. The summed E-state index contributed by atoms with van der Waals surface area (Å²) < 4.78 is 0. The van der Waals surface area contributed by atoms with E-state index in [1.54, 1.807) is 6.92 Å². The van der Waals surface area contributed by atoms with Crippen LogP contribution in [0.2, 0.25) is 0 Å². The van der Waals surface area contributed by atoms with Crippen LogP contribution in [0, 0.1) is 5.41 Å². The summed E-state index contributed by atoms with van der Waals surface area (Å²) in [6.07, 6.45) is 6.55. The maximum atomic E-state index is 10.6. The first-order valence-corrected chi connectivity index (χ1v) is 5.92. The number of carbonyl (C=O) groups excluding carboxylic acids is 1. The highest BCUT2D eigenvalue weighted by molar-refractivity contribution is 5.82. The Hall–Kier alpha value is -1.34. The van der Waals surface area contributed by atoms with Crippen molar-refractivity contribution in [2.45, 2.75) is 45.4 Å². The maximum absolute atomic E-state index is 10.6. The van der Waals surface area contributed by atoms with Crippen LogP contribution < -0.4 is 0 Å².